The van der Waals surface area contributed by atoms with Crippen molar-refractivity contribution in [2.45, 2.75) is 0 Å². The summed E-state index contributed by atoms with van der Waals surface area (Å²) in [6, 6.07) is 0. The third-order valence-electron chi connectivity index (χ3n) is 0.396. The Balaban J connectivity index is 3.58. The van der Waals surface area contributed by atoms with E-state index in [2.05, 4.69) is 21.7 Å². The van der Waals surface area contributed by atoms with Gasteiger partial charge in [-0.05, 0) is 0 Å². The number of nitrogens with two attached hydrogens (primary N) is 1. The molecule has 0 aromatic heterocycles. The maximum absolute atomic E-state index is 9.99. The maximum atomic E-state index is 9.99. The van der Waals surface area contributed by atoms with Gasteiger partial charge >= 0.3 is 0 Å². The summed E-state index contributed by atoms with van der Waals surface area (Å²) in [5.41, 5.74) is 4.53. The van der Waals surface area contributed by atoms with Gasteiger partial charge in [0.2, 0.25) is 5.78 Å². The van der Waals surface area contributed by atoms with E-state index in [0.29, 0.717) is 0 Å². The maximum Gasteiger partial charge on any atom is 0.285 e. The van der Waals surface area contributed by atoms with Crippen LogP contribution in [0.5, 0.6) is 0 Å². The van der Waals surface area contributed by atoms with Gasteiger partial charge in [-0.25, -0.2) is 0 Å². The fourth-order valence-electron chi connectivity index (χ4n) is 0.0659. The zero-order chi connectivity index (χ0) is 5.86. The first-order valence-electron chi connectivity index (χ1n) is 1.57. The highest BCUT2D eigenvalue weighted by molar-refractivity contribution is 9.09. The molecule has 0 saturated carbocycles. The Morgan fingerprint density at radius 1 is 1.57 bits per heavy atom. The highest BCUT2D eigenvalue weighted by Crippen LogP contribution is 1.78. The van der Waals surface area contributed by atoms with E-state index in [4.69, 9.17) is 0 Å². The summed E-state index contributed by atoms with van der Waals surface area (Å²) in [4.78, 5) is 19.8. The molecule has 3 nitrogen and oxygen atoms in total. The lowest BCUT2D eigenvalue weighted by Gasteiger charge is -1.80. The number of carbonyl (C=O) groups is 2. The Kier molecular flexibility index (Phi) is 2.59. The fraction of sp³-hybridized carbons (Fsp3) is 0.333. The molecule has 0 rings (SSSR count). The van der Waals surface area contributed by atoms with Gasteiger partial charge in [-0.3, -0.25) is 9.59 Å². The van der Waals surface area contributed by atoms with E-state index in [1.807, 2.05) is 0 Å². The molecule has 0 saturated heterocycles. The average Bonchev–Trinajstić information content (AvgIpc) is 1.65. The van der Waals surface area contributed by atoms with Crippen LogP contribution in [0.4, 0.5) is 0 Å². The van der Waals surface area contributed by atoms with Crippen LogP contribution in [0.3, 0.4) is 0 Å². The number of halogens is 1. The Morgan fingerprint density at radius 3 is 2.00 bits per heavy atom. The van der Waals surface area contributed by atoms with Gasteiger partial charge in [-0.2, -0.15) is 0 Å². The quantitative estimate of drug-likeness (QED) is 0.441. The first-order chi connectivity index (χ1) is 3.18. The molecule has 0 spiro atoms. The van der Waals surface area contributed by atoms with Crippen molar-refractivity contribution in [2.24, 2.45) is 5.73 Å². The summed E-state index contributed by atoms with van der Waals surface area (Å²) >= 11 is 2.76. The van der Waals surface area contributed by atoms with Crippen molar-refractivity contribution >= 4 is 27.6 Å². The van der Waals surface area contributed by atoms with E-state index in [1.54, 1.807) is 0 Å². The van der Waals surface area contributed by atoms with Crippen molar-refractivity contribution in [1.29, 1.82) is 0 Å². The number of hydrogen-bond donors (Lipinski definition) is 1. The number of ketones is 1. The number of alkyl halides is 1. The Hall–Kier alpha value is -0.380. The van der Waals surface area contributed by atoms with Gasteiger partial charge in [0.15, 0.2) is 0 Å². The van der Waals surface area contributed by atoms with Crippen LogP contribution in [0.15, 0.2) is 0 Å². The first-order valence-corrected chi connectivity index (χ1v) is 2.69. The second-order valence-electron chi connectivity index (χ2n) is 0.921. The van der Waals surface area contributed by atoms with Crippen LogP contribution in [0.2, 0.25) is 0 Å². The molecule has 0 aliphatic rings. The summed E-state index contributed by atoms with van der Waals surface area (Å²) in [5.74, 6) is -1.49. The SMILES string of the molecule is NC(=O)C(=O)CBr. The molecule has 1 amide bonds. The number of Topliss-reactive ketones (excluding diaryl/α,β-unsaturated/α-hetero) is 1. The molecule has 4 heteroatoms. The minimum absolute atomic E-state index is 0.0162. The molecule has 0 radical (unpaired) electrons. The highest BCUT2D eigenvalue weighted by Gasteiger charge is 2.03. The van der Waals surface area contributed by atoms with Gasteiger partial charge in [-0.15, -0.1) is 0 Å². The standard InChI is InChI=1S/C3H4BrNO2/c4-1-2(6)3(5)7/h1H2,(H2,5,7). The molecule has 0 aliphatic heterocycles. The van der Waals surface area contributed by atoms with Crippen molar-refractivity contribution in [1.82, 2.24) is 0 Å². The van der Waals surface area contributed by atoms with Crippen LogP contribution in [0, 0.1) is 0 Å². The normalized spacial score (nSPS) is 8.14. The zero-order valence-corrected chi connectivity index (χ0v) is 5.06. The lowest BCUT2D eigenvalue weighted by molar-refractivity contribution is -0.134. The molecular formula is C3H4BrNO2. The van der Waals surface area contributed by atoms with E-state index in [0.717, 1.165) is 0 Å². The van der Waals surface area contributed by atoms with Crippen molar-refractivity contribution < 1.29 is 9.59 Å². The summed E-state index contributed by atoms with van der Waals surface area (Å²) in [6.07, 6.45) is 0. The lowest BCUT2D eigenvalue weighted by atomic mass is 10.4. The van der Waals surface area contributed by atoms with E-state index in [-0.39, 0.29) is 5.33 Å². The smallest absolute Gasteiger partial charge is 0.285 e. The van der Waals surface area contributed by atoms with E-state index in [9.17, 15) is 9.59 Å². The number of rotatable bonds is 2. The summed E-state index contributed by atoms with van der Waals surface area (Å²) < 4.78 is 0. The zero-order valence-electron chi connectivity index (χ0n) is 3.48. The lowest BCUT2D eigenvalue weighted by Crippen LogP contribution is -2.23. The van der Waals surface area contributed by atoms with E-state index < -0.39 is 11.7 Å². The van der Waals surface area contributed by atoms with Crippen LogP contribution in [-0.2, 0) is 9.59 Å². The average molecular weight is 166 g/mol. The number of amides is 1. The minimum atomic E-state index is -0.892. The minimum Gasteiger partial charge on any atom is -0.363 e. The first kappa shape index (κ1) is 6.62. The van der Waals surface area contributed by atoms with Gasteiger partial charge in [0.1, 0.15) is 0 Å². The van der Waals surface area contributed by atoms with Gasteiger partial charge in [0.05, 0.1) is 5.33 Å². The molecule has 0 aliphatic carbocycles. The molecule has 0 atom stereocenters. The van der Waals surface area contributed by atoms with Crippen LogP contribution < -0.4 is 5.73 Å². The highest BCUT2D eigenvalue weighted by atomic mass is 79.9. The molecule has 2 N–H and O–H groups in total. The van der Waals surface area contributed by atoms with Gasteiger partial charge < -0.3 is 5.73 Å². The molecule has 0 bridgehead atoms. The monoisotopic (exact) mass is 165 g/mol. The molecular weight excluding hydrogens is 162 g/mol. The van der Waals surface area contributed by atoms with Crippen molar-refractivity contribution in [2.75, 3.05) is 5.33 Å². The summed E-state index contributed by atoms with van der Waals surface area (Å²) in [5, 5.41) is 0.0162. The predicted octanol–water partition coefficient (Wildman–Crippen LogP) is -0.564. The topological polar surface area (TPSA) is 60.2 Å². The third kappa shape index (κ3) is 2.33. The molecule has 0 unspecified atom stereocenters. The van der Waals surface area contributed by atoms with Gasteiger partial charge in [0, 0.05) is 0 Å². The van der Waals surface area contributed by atoms with E-state index >= 15 is 0 Å². The van der Waals surface area contributed by atoms with Crippen molar-refractivity contribution in [3.8, 4) is 0 Å². The number of primary amides is 1. The Bertz CT molecular complexity index is 101. The second-order valence-corrected chi connectivity index (χ2v) is 1.48. The Labute approximate surface area is 49.0 Å². The van der Waals surface area contributed by atoms with Gasteiger partial charge in [0.25, 0.3) is 5.91 Å². The summed E-state index contributed by atoms with van der Waals surface area (Å²) in [7, 11) is 0. The molecule has 0 heterocycles. The predicted molar refractivity (Wildman–Crippen MR) is 28.0 cm³/mol. The third-order valence-corrected chi connectivity index (χ3v) is 0.905. The molecule has 7 heavy (non-hydrogen) atoms. The molecule has 0 aromatic rings. The Morgan fingerprint density at radius 2 is 2.00 bits per heavy atom. The van der Waals surface area contributed by atoms with Crippen LogP contribution in [0.25, 0.3) is 0 Å². The van der Waals surface area contributed by atoms with Crippen molar-refractivity contribution in [3.63, 3.8) is 0 Å². The molecule has 40 valence electrons. The molecule has 0 aromatic carbocycles. The number of hydrogen-bond acceptors (Lipinski definition) is 2. The fourth-order valence-corrected chi connectivity index (χ4v) is 0.342. The van der Waals surface area contributed by atoms with Gasteiger partial charge in [-0.1, -0.05) is 15.9 Å². The largest absolute Gasteiger partial charge is 0.363 e. The second kappa shape index (κ2) is 2.74. The van der Waals surface area contributed by atoms with Crippen LogP contribution in [-0.4, -0.2) is 17.0 Å². The van der Waals surface area contributed by atoms with Crippen molar-refractivity contribution in [3.05, 3.63) is 0 Å². The van der Waals surface area contributed by atoms with E-state index in [1.165, 1.54) is 0 Å². The number of carbonyl (C=O) groups excluding carboxylic acids is 2. The van der Waals surface area contributed by atoms with Crippen LogP contribution in [0.1, 0.15) is 0 Å². The molecule has 0 fully saturated rings. The summed E-state index contributed by atoms with van der Waals surface area (Å²) in [6.45, 7) is 0. The van der Waals surface area contributed by atoms with Crippen LogP contribution >= 0.6 is 15.9 Å².